The van der Waals surface area contributed by atoms with Crippen molar-refractivity contribution in [3.05, 3.63) is 94.1 Å². The van der Waals surface area contributed by atoms with E-state index in [4.69, 9.17) is 5.41 Å². The summed E-state index contributed by atoms with van der Waals surface area (Å²) in [6.45, 7) is 0. The Bertz CT molecular complexity index is 834. The lowest BCUT2D eigenvalue weighted by Crippen LogP contribution is -2.10. The molecule has 0 aliphatic rings. The third-order valence-electron chi connectivity index (χ3n) is 3.37. The van der Waals surface area contributed by atoms with Crippen LogP contribution in [0.1, 0.15) is 11.1 Å². The molecule has 0 aliphatic carbocycles. The molecule has 116 valence electrons. The van der Waals surface area contributed by atoms with E-state index in [0.717, 1.165) is 15.2 Å². The number of nitrogens with one attached hydrogen (secondary N) is 1. The van der Waals surface area contributed by atoms with Gasteiger partial charge in [0.05, 0.1) is 0 Å². The first kappa shape index (κ1) is 15.6. The van der Waals surface area contributed by atoms with Gasteiger partial charge in [0.2, 0.25) is 6.29 Å². The fraction of sp³-hybridized carbons (Fsp3) is 0. The van der Waals surface area contributed by atoms with Crippen LogP contribution in [0.15, 0.2) is 71.2 Å². The summed E-state index contributed by atoms with van der Waals surface area (Å²) < 4.78 is 0.927. The van der Waals surface area contributed by atoms with Crippen LogP contribution < -0.4 is 0 Å². The van der Waals surface area contributed by atoms with Crippen LogP contribution in [0.5, 0.6) is 0 Å². The van der Waals surface area contributed by atoms with Gasteiger partial charge in [-0.25, -0.2) is 0 Å². The van der Waals surface area contributed by atoms with Gasteiger partial charge in [0.15, 0.2) is 0 Å². The van der Waals surface area contributed by atoms with E-state index in [1.54, 1.807) is 18.2 Å². The number of nitrogens with zero attached hydrogens (tertiary/aromatic N) is 1. The van der Waals surface area contributed by atoms with Crippen LogP contribution in [-0.2, 0) is 0 Å². The van der Waals surface area contributed by atoms with Crippen molar-refractivity contribution in [2.24, 2.45) is 0 Å². The highest BCUT2D eigenvalue weighted by molar-refractivity contribution is 9.10. The molecule has 0 saturated heterocycles. The summed E-state index contributed by atoms with van der Waals surface area (Å²) in [7, 11) is 0. The number of rotatable bonds is 4. The van der Waals surface area contributed by atoms with Crippen LogP contribution in [-0.4, -0.2) is 15.8 Å². The molecular weight excluding hydrogens is 356 g/mol. The SMILES string of the molecule is N=C([N-][OH+][C-](O)c1ccc2ccccc2c1)c1ccc(Br)cc1. The van der Waals surface area contributed by atoms with Gasteiger partial charge in [-0.1, -0.05) is 63.3 Å². The first-order valence-electron chi connectivity index (χ1n) is 6.95. The second-order valence-electron chi connectivity index (χ2n) is 4.94. The largest absolute Gasteiger partial charge is 0.476 e. The molecule has 0 spiro atoms. The normalized spacial score (nSPS) is 10.5. The average molecular weight is 370 g/mol. The van der Waals surface area contributed by atoms with Gasteiger partial charge in [-0.05, 0) is 23.1 Å². The Hall–Kier alpha value is -2.34. The summed E-state index contributed by atoms with van der Waals surface area (Å²) in [5.74, 6) is -0.00941. The Morgan fingerprint density at radius 2 is 1.70 bits per heavy atom. The van der Waals surface area contributed by atoms with Gasteiger partial charge < -0.3 is 15.4 Å². The highest BCUT2D eigenvalue weighted by Crippen LogP contribution is 2.21. The van der Waals surface area contributed by atoms with Gasteiger partial charge in [-0.15, -0.1) is 12.1 Å². The van der Waals surface area contributed by atoms with Crippen molar-refractivity contribution < 1.29 is 9.94 Å². The van der Waals surface area contributed by atoms with Gasteiger partial charge in [0.25, 0.3) is 0 Å². The quantitative estimate of drug-likeness (QED) is 0.216. The number of benzene rings is 3. The smallest absolute Gasteiger partial charge is 0.248 e. The zero-order chi connectivity index (χ0) is 16.2. The van der Waals surface area contributed by atoms with E-state index in [2.05, 4.69) is 26.2 Å². The van der Waals surface area contributed by atoms with E-state index in [1.165, 1.54) is 0 Å². The van der Waals surface area contributed by atoms with E-state index in [9.17, 15) is 5.11 Å². The van der Waals surface area contributed by atoms with Crippen molar-refractivity contribution >= 4 is 32.5 Å². The van der Waals surface area contributed by atoms with E-state index in [0.29, 0.717) is 11.1 Å². The minimum absolute atomic E-state index is 0.00941. The predicted octanol–water partition coefficient (Wildman–Crippen LogP) is 5.14. The molecule has 4 nitrogen and oxygen atoms in total. The fourth-order valence-corrected chi connectivity index (χ4v) is 2.41. The lowest BCUT2D eigenvalue weighted by atomic mass is 10.1. The Labute approximate surface area is 142 Å². The molecular formula is C18H14BrN2O2-. The van der Waals surface area contributed by atoms with Gasteiger partial charge in [-0.2, -0.15) is 11.5 Å². The molecule has 0 bridgehead atoms. The number of hydrogen-bond donors (Lipinski definition) is 2. The maximum absolute atomic E-state index is 10.1. The third-order valence-corrected chi connectivity index (χ3v) is 3.90. The molecule has 0 heterocycles. The molecule has 5 heteroatoms. The topological polar surface area (TPSA) is 71.0 Å². The number of aliphatic hydroxyl groups excluding tert-OH is 1. The minimum atomic E-state index is -0.211. The maximum Gasteiger partial charge on any atom is 0.248 e. The monoisotopic (exact) mass is 369 g/mol. The Morgan fingerprint density at radius 3 is 2.43 bits per heavy atom. The Balaban J connectivity index is 1.67. The second-order valence-corrected chi connectivity index (χ2v) is 5.86. The number of amidine groups is 1. The Kier molecular flexibility index (Phi) is 4.62. The molecule has 0 saturated carbocycles. The summed E-state index contributed by atoms with van der Waals surface area (Å²) in [5.41, 5.74) is 4.98. The second kappa shape index (κ2) is 6.83. The van der Waals surface area contributed by atoms with E-state index in [-0.39, 0.29) is 12.1 Å². The minimum Gasteiger partial charge on any atom is -0.476 e. The number of halogens is 1. The molecule has 3 aromatic carbocycles. The van der Waals surface area contributed by atoms with Crippen molar-refractivity contribution in [2.45, 2.75) is 0 Å². The van der Waals surface area contributed by atoms with Crippen LogP contribution in [0.25, 0.3) is 16.3 Å². The predicted molar refractivity (Wildman–Crippen MR) is 94.3 cm³/mol. The average Bonchev–Trinajstić information content (AvgIpc) is 2.59. The molecule has 0 fully saturated rings. The fourth-order valence-electron chi connectivity index (χ4n) is 2.15. The first-order valence-corrected chi connectivity index (χ1v) is 7.74. The van der Waals surface area contributed by atoms with Crippen LogP contribution >= 0.6 is 15.9 Å². The van der Waals surface area contributed by atoms with Crippen molar-refractivity contribution in [3.63, 3.8) is 0 Å². The molecule has 0 aromatic heterocycles. The van der Waals surface area contributed by atoms with Crippen molar-refractivity contribution in [3.8, 4) is 0 Å². The van der Waals surface area contributed by atoms with Crippen molar-refractivity contribution in [1.29, 1.82) is 5.41 Å². The van der Waals surface area contributed by atoms with Crippen LogP contribution in [0, 0.1) is 11.7 Å². The van der Waals surface area contributed by atoms with Crippen molar-refractivity contribution in [2.75, 3.05) is 0 Å². The number of hydrogen-bond acceptors (Lipinski definition) is 2. The van der Waals surface area contributed by atoms with E-state index >= 15 is 0 Å². The van der Waals surface area contributed by atoms with E-state index in [1.807, 2.05) is 48.5 Å². The molecule has 3 rings (SSSR count). The Morgan fingerprint density at radius 1 is 1.00 bits per heavy atom. The molecule has 3 N–H and O–H groups in total. The molecule has 0 amide bonds. The zero-order valence-corrected chi connectivity index (χ0v) is 13.7. The number of aliphatic hydroxyl groups is 2. The molecule has 0 radical (unpaired) electrons. The lowest BCUT2D eigenvalue weighted by Gasteiger charge is -2.19. The summed E-state index contributed by atoms with van der Waals surface area (Å²) >= 11 is 3.34. The summed E-state index contributed by atoms with van der Waals surface area (Å²) in [5, 5.41) is 20.1. The molecule has 0 atom stereocenters. The third kappa shape index (κ3) is 3.71. The van der Waals surface area contributed by atoms with Gasteiger partial charge in [0, 0.05) is 10.3 Å². The molecule has 0 unspecified atom stereocenters. The highest BCUT2D eigenvalue weighted by Gasteiger charge is 2.06. The summed E-state index contributed by atoms with van der Waals surface area (Å²) in [6, 6.07) is 20.6. The lowest BCUT2D eigenvalue weighted by molar-refractivity contribution is -0.0418. The summed E-state index contributed by atoms with van der Waals surface area (Å²) in [6.07, 6.45) is -0.211. The van der Waals surface area contributed by atoms with Crippen LogP contribution in [0.4, 0.5) is 0 Å². The highest BCUT2D eigenvalue weighted by atomic mass is 79.9. The van der Waals surface area contributed by atoms with Gasteiger partial charge in [-0.3, -0.25) is 0 Å². The molecule has 23 heavy (non-hydrogen) atoms. The number of fused-ring (bicyclic) bond motifs is 1. The van der Waals surface area contributed by atoms with Crippen LogP contribution in [0.3, 0.4) is 0 Å². The zero-order valence-electron chi connectivity index (χ0n) is 12.1. The van der Waals surface area contributed by atoms with E-state index < -0.39 is 0 Å². The maximum atomic E-state index is 10.1. The molecule has 0 aliphatic heterocycles. The molecule has 3 aromatic rings. The first-order chi connectivity index (χ1) is 11.1. The van der Waals surface area contributed by atoms with Crippen LogP contribution in [0.2, 0.25) is 0 Å². The number of hydroxylamine groups is 1. The van der Waals surface area contributed by atoms with Gasteiger partial charge >= 0.3 is 0 Å². The standard InChI is InChI=1S/C18H14BrN2O2/c19-16-9-7-13(8-10-16)17(20)21-23-18(22)15-6-5-12-3-1-2-4-14(12)11-15/h1-11,22-23H,(H-,20,21)/q-1. The summed E-state index contributed by atoms with van der Waals surface area (Å²) in [4.78, 5) is 3.76. The van der Waals surface area contributed by atoms with Crippen molar-refractivity contribution in [1.82, 2.24) is 0 Å². The van der Waals surface area contributed by atoms with Gasteiger partial charge in [0.1, 0.15) is 0 Å².